The van der Waals surface area contributed by atoms with Gasteiger partial charge < -0.3 is 10.4 Å². The average molecular weight is 364 g/mol. The van der Waals surface area contributed by atoms with Gasteiger partial charge in [0, 0.05) is 12.1 Å². The normalized spacial score (nSPS) is 10.9. The van der Waals surface area contributed by atoms with Crippen LogP contribution in [-0.4, -0.2) is 23.0 Å². The lowest BCUT2D eigenvalue weighted by atomic mass is 10.1. The quantitative estimate of drug-likeness (QED) is 0.197. The van der Waals surface area contributed by atoms with Gasteiger partial charge in [0.15, 0.2) is 5.11 Å². The maximum atomic E-state index is 9.62. The fourth-order valence-electron chi connectivity index (χ4n) is 2.61. The molecule has 3 N–H and O–H groups in total. The van der Waals surface area contributed by atoms with Gasteiger partial charge in [-0.2, -0.15) is 5.10 Å². The van der Waals surface area contributed by atoms with Crippen molar-refractivity contribution < 1.29 is 5.11 Å². The van der Waals surface area contributed by atoms with Crippen molar-refractivity contribution in [2.45, 2.75) is 71.1 Å². The van der Waals surface area contributed by atoms with E-state index in [1.165, 1.54) is 57.8 Å². The van der Waals surface area contributed by atoms with Crippen molar-refractivity contribution in [2.75, 3.05) is 6.54 Å². The Morgan fingerprint density at radius 3 is 2.24 bits per heavy atom. The molecular weight excluding hydrogens is 330 g/mol. The van der Waals surface area contributed by atoms with E-state index in [1.807, 2.05) is 6.07 Å². The van der Waals surface area contributed by atoms with Crippen LogP contribution in [0.1, 0.15) is 76.7 Å². The Hall–Kier alpha value is -1.62. The highest BCUT2D eigenvalue weighted by atomic mass is 32.1. The second-order valence-corrected chi connectivity index (χ2v) is 6.77. The van der Waals surface area contributed by atoms with E-state index in [1.54, 1.807) is 24.4 Å². The minimum Gasteiger partial charge on any atom is -0.507 e. The van der Waals surface area contributed by atoms with Crippen LogP contribution < -0.4 is 10.7 Å². The molecule has 0 saturated heterocycles. The first-order valence-corrected chi connectivity index (χ1v) is 9.99. The Labute approximate surface area is 158 Å². The summed E-state index contributed by atoms with van der Waals surface area (Å²) in [6, 6.07) is 7.05. The van der Waals surface area contributed by atoms with Crippen LogP contribution in [0.2, 0.25) is 0 Å². The molecule has 0 aliphatic heterocycles. The second kappa shape index (κ2) is 14.7. The molecular formula is C20H33N3OS. The number of phenolic OH excluding ortho intramolecular Hbond substituents is 1. The first-order valence-electron chi connectivity index (χ1n) is 9.59. The van der Waals surface area contributed by atoms with Crippen molar-refractivity contribution in [1.82, 2.24) is 10.7 Å². The van der Waals surface area contributed by atoms with Crippen LogP contribution in [0.3, 0.4) is 0 Å². The molecule has 0 aliphatic rings. The van der Waals surface area contributed by atoms with Gasteiger partial charge in [-0.3, -0.25) is 5.43 Å². The molecule has 1 aromatic carbocycles. The van der Waals surface area contributed by atoms with Crippen molar-refractivity contribution in [3.05, 3.63) is 29.8 Å². The predicted molar refractivity (Wildman–Crippen MR) is 111 cm³/mol. The van der Waals surface area contributed by atoms with Crippen molar-refractivity contribution in [3.63, 3.8) is 0 Å². The Bertz CT molecular complexity index is 505. The van der Waals surface area contributed by atoms with E-state index in [9.17, 15) is 5.11 Å². The zero-order chi connectivity index (χ0) is 18.2. The molecule has 0 atom stereocenters. The van der Waals surface area contributed by atoms with Gasteiger partial charge in [0.05, 0.1) is 6.21 Å². The summed E-state index contributed by atoms with van der Waals surface area (Å²) in [6.07, 6.45) is 14.9. The van der Waals surface area contributed by atoms with Gasteiger partial charge >= 0.3 is 0 Å². The molecule has 0 amide bonds. The van der Waals surface area contributed by atoms with E-state index in [2.05, 4.69) is 22.8 Å². The molecule has 0 radical (unpaired) electrons. The Morgan fingerprint density at radius 1 is 1.00 bits per heavy atom. The molecule has 0 spiro atoms. The van der Waals surface area contributed by atoms with Gasteiger partial charge in [-0.05, 0) is 30.8 Å². The molecule has 1 rings (SSSR count). The molecule has 5 heteroatoms. The Kier molecular flexibility index (Phi) is 12.6. The van der Waals surface area contributed by atoms with Gasteiger partial charge in [-0.25, -0.2) is 0 Å². The minimum atomic E-state index is 0.206. The summed E-state index contributed by atoms with van der Waals surface area (Å²) in [5.41, 5.74) is 3.43. The highest BCUT2D eigenvalue weighted by Crippen LogP contribution is 2.12. The standard InChI is InChI=1S/C20H33N3OS/c1-2-3-4-5-6-7-8-9-10-13-16-21-20(25)23-22-17-18-14-11-12-15-19(18)24/h11-12,14-15,17,24H,2-10,13,16H2,1H3,(H2,21,23,25)/b22-17+. The van der Waals surface area contributed by atoms with Crippen LogP contribution in [-0.2, 0) is 0 Å². The van der Waals surface area contributed by atoms with E-state index in [0.29, 0.717) is 10.7 Å². The van der Waals surface area contributed by atoms with Crippen molar-refractivity contribution in [1.29, 1.82) is 0 Å². The van der Waals surface area contributed by atoms with E-state index in [4.69, 9.17) is 12.2 Å². The smallest absolute Gasteiger partial charge is 0.186 e. The molecule has 0 heterocycles. The maximum Gasteiger partial charge on any atom is 0.186 e. The van der Waals surface area contributed by atoms with Crippen LogP contribution in [0, 0.1) is 0 Å². The van der Waals surface area contributed by atoms with Gasteiger partial charge in [0.1, 0.15) is 5.75 Å². The average Bonchev–Trinajstić information content (AvgIpc) is 2.61. The van der Waals surface area contributed by atoms with Crippen LogP contribution >= 0.6 is 12.2 Å². The SMILES string of the molecule is CCCCCCCCCCCCNC(=S)N/N=C/c1ccccc1O. The van der Waals surface area contributed by atoms with Crippen LogP contribution in [0.5, 0.6) is 5.75 Å². The number of rotatable bonds is 13. The highest BCUT2D eigenvalue weighted by Gasteiger charge is 1.96. The summed E-state index contributed by atoms with van der Waals surface area (Å²) in [5, 5.41) is 17.3. The second-order valence-electron chi connectivity index (χ2n) is 6.37. The number of hydrazone groups is 1. The lowest BCUT2D eigenvalue weighted by Gasteiger charge is -2.07. The minimum absolute atomic E-state index is 0.206. The van der Waals surface area contributed by atoms with Gasteiger partial charge in [0.2, 0.25) is 0 Å². The molecule has 25 heavy (non-hydrogen) atoms. The Balaban J connectivity index is 1.94. The summed E-state index contributed by atoms with van der Waals surface area (Å²) in [6.45, 7) is 3.13. The number of aromatic hydroxyl groups is 1. The molecule has 4 nitrogen and oxygen atoms in total. The van der Waals surface area contributed by atoms with E-state index in [0.717, 1.165) is 13.0 Å². The highest BCUT2D eigenvalue weighted by molar-refractivity contribution is 7.80. The number of hydrogen-bond acceptors (Lipinski definition) is 3. The number of hydrogen-bond donors (Lipinski definition) is 3. The van der Waals surface area contributed by atoms with Gasteiger partial charge in [0.25, 0.3) is 0 Å². The van der Waals surface area contributed by atoms with Crippen molar-refractivity contribution in [3.8, 4) is 5.75 Å². The predicted octanol–water partition coefficient (Wildman–Crippen LogP) is 5.11. The van der Waals surface area contributed by atoms with Crippen molar-refractivity contribution >= 4 is 23.5 Å². The summed E-state index contributed by atoms with van der Waals surface area (Å²) < 4.78 is 0. The monoisotopic (exact) mass is 363 g/mol. The zero-order valence-corrected chi connectivity index (χ0v) is 16.3. The zero-order valence-electron chi connectivity index (χ0n) is 15.5. The largest absolute Gasteiger partial charge is 0.507 e. The first kappa shape index (κ1) is 21.4. The fourth-order valence-corrected chi connectivity index (χ4v) is 2.77. The third-order valence-electron chi connectivity index (χ3n) is 4.12. The molecule has 1 aromatic rings. The number of nitrogens with one attached hydrogen (secondary N) is 2. The van der Waals surface area contributed by atoms with Crippen LogP contribution in [0.25, 0.3) is 0 Å². The fraction of sp³-hybridized carbons (Fsp3) is 0.600. The molecule has 140 valence electrons. The summed E-state index contributed by atoms with van der Waals surface area (Å²) >= 11 is 5.17. The number of benzene rings is 1. The molecule has 0 bridgehead atoms. The Morgan fingerprint density at radius 2 is 1.60 bits per heavy atom. The number of thiocarbonyl (C=S) groups is 1. The topological polar surface area (TPSA) is 56.7 Å². The van der Waals surface area contributed by atoms with Gasteiger partial charge in [-0.15, -0.1) is 0 Å². The molecule has 0 fully saturated rings. The third kappa shape index (κ3) is 11.5. The first-order chi connectivity index (χ1) is 12.2. The van der Waals surface area contributed by atoms with Gasteiger partial charge in [-0.1, -0.05) is 76.8 Å². The molecule has 0 unspecified atom stereocenters. The number of unbranched alkanes of at least 4 members (excludes halogenated alkanes) is 9. The van der Waals surface area contributed by atoms with E-state index in [-0.39, 0.29) is 5.75 Å². The van der Waals surface area contributed by atoms with E-state index >= 15 is 0 Å². The molecule has 0 aromatic heterocycles. The van der Waals surface area contributed by atoms with Crippen LogP contribution in [0.15, 0.2) is 29.4 Å². The van der Waals surface area contributed by atoms with Crippen molar-refractivity contribution in [2.24, 2.45) is 5.10 Å². The van der Waals surface area contributed by atoms with E-state index < -0.39 is 0 Å². The molecule has 0 aliphatic carbocycles. The molecule has 0 saturated carbocycles. The summed E-state index contributed by atoms with van der Waals surface area (Å²) in [4.78, 5) is 0. The number of nitrogens with zero attached hydrogens (tertiary/aromatic N) is 1. The number of para-hydroxylation sites is 1. The summed E-state index contributed by atoms with van der Waals surface area (Å²) in [5.74, 6) is 0.206. The lowest BCUT2D eigenvalue weighted by molar-refractivity contribution is 0.474. The maximum absolute atomic E-state index is 9.62. The lowest BCUT2D eigenvalue weighted by Crippen LogP contribution is -2.32. The number of phenols is 1. The van der Waals surface area contributed by atoms with Crippen LogP contribution in [0.4, 0.5) is 0 Å². The summed E-state index contributed by atoms with van der Waals surface area (Å²) in [7, 11) is 0. The third-order valence-corrected chi connectivity index (χ3v) is 4.36.